The van der Waals surface area contributed by atoms with Gasteiger partial charge in [0.2, 0.25) is 18.2 Å². The summed E-state index contributed by atoms with van der Waals surface area (Å²) in [6.07, 6.45) is -0.158. The molecule has 5 nitrogen and oxygen atoms in total. The van der Waals surface area contributed by atoms with Crippen LogP contribution in [0.15, 0.2) is 52.3 Å². The van der Waals surface area contributed by atoms with Gasteiger partial charge >= 0.3 is 0 Å². The number of rotatable bonds is 4. The summed E-state index contributed by atoms with van der Waals surface area (Å²) < 4.78 is 45.3. The van der Waals surface area contributed by atoms with Gasteiger partial charge in [0, 0.05) is 5.56 Å². The fourth-order valence-electron chi connectivity index (χ4n) is 3.69. The maximum atomic E-state index is 13.4. The van der Waals surface area contributed by atoms with Gasteiger partial charge in [-0.2, -0.15) is 0 Å². The fraction of sp³-hybridized carbons (Fsp3) is 0.500. The van der Waals surface area contributed by atoms with Crippen molar-refractivity contribution in [1.82, 2.24) is 0 Å². The predicted octanol–water partition coefficient (Wildman–Crippen LogP) is 5.90. The largest absolute Gasteiger partial charge is 0.543 e. The average Bonchev–Trinajstić information content (AvgIpc) is 3.34. The lowest BCUT2D eigenvalue weighted by Gasteiger charge is -2.36. The number of benzene rings is 2. The topological polar surface area (TPSA) is 65.1 Å². The van der Waals surface area contributed by atoms with Crippen LogP contribution in [-0.4, -0.2) is 27.9 Å². The Kier molecular flexibility index (Phi) is 4.75. The molecular formula is C24H32O5SSi. The first-order chi connectivity index (χ1) is 14.1. The third kappa shape index (κ3) is 3.51. The van der Waals surface area contributed by atoms with Crippen LogP contribution in [0, 0.1) is 0 Å². The van der Waals surface area contributed by atoms with E-state index in [9.17, 15) is 8.42 Å². The molecule has 31 heavy (non-hydrogen) atoms. The van der Waals surface area contributed by atoms with Gasteiger partial charge in [-0.05, 0) is 75.3 Å². The number of fused-ring (bicyclic) bond motifs is 3. The fourth-order valence-corrected chi connectivity index (χ4v) is 6.04. The maximum absolute atomic E-state index is 13.4. The Morgan fingerprint density at radius 2 is 1.65 bits per heavy atom. The van der Waals surface area contributed by atoms with Crippen LogP contribution in [0.1, 0.15) is 53.2 Å². The molecule has 0 aromatic heterocycles. The SMILES string of the molecule is CC1(C)Oc2ccc(S(=O)(=O)c3cccc(O[Si](C)(C)C(C)(C)C)c3)cc2[C@@H]2O[C@@]21C. The molecule has 0 N–H and O–H groups in total. The van der Waals surface area contributed by atoms with Crippen molar-refractivity contribution in [2.45, 2.75) is 86.8 Å². The van der Waals surface area contributed by atoms with Gasteiger partial charge in [0.1, 0.15) is 28.8 Å². The Morgan fingerprint density at radius 3 is 2.29 bits per heavy atom. The molecule has 0 unspecified atom stereocenters. The molecule has 2 aliphatic heterocycles. The van der Waals surface area contributed by atoms with E-state index in [-0.39, 0.29) is 20.9 Å². The van der Waals surface area contributed by atoms with E-state index in [0.717, 1.165) is 5.56 Å². The second-order valence-corrected chi connectivity index (χ2v) is 17.4. The lowest BCUT2D eigenvalue weighted by molar-refractivity contribution is 0.0241. The van der Waals surface area contributed by atoms with Gasteiger partial charge in [-0.3, -0.25) is 0 Å². The van der Waals surface area contributed by atoms with E-state index < -0.39 is 29.4 Å². The highest BCUT2D eigenvalue weighted by atomic mass is 32.2. The summed E-state index contributed by atoms with van der Waals surface area (Å²) in [5, 5.41) is 0.0189. The lowest BCUT2D eigenvalue weighted by Crippen LogP contribution is -2.45. The standard InChI is InChI=1S/C24H32O5SSi/c1-22(2,3)31(7,8)29-16-10-9-11-17(14-16)30(25,26)18-12-13-20-19(15-18)21-24(6,28-21)23(4,5)27-20/h9-15,21H,1-8H3/t21-,24-/m0/s1. The van der Waals surface area contributed by atoms with Crippen molar-refractivity contribution in [3.8, 4) is 11.5 Å². The Balaban J connectivity index is 1.68. The van der Waals surface area contributed by atoms with E-state index in [1.807, 2.05) is 26.8 Å². The van der Waals surface area contributed by atoms with Crippen molar-refractivity contribution in [3.05, 3.63) is 48.0 Å². The molecule has 2 heterocycles. The minimum absolute atomic E-state index is 0.0189. The molecule has 1 saturated heterocycles. The predicted molar refractivity (Wildman–Crippen MR) is 123 cm³/mol. The third-order valence-corrected chi connectivity index (χ3v) is 13.3. The van der Waals surface area contributed by atoms with Crippen molar-refractivity contribution >= 4 is 18.2 Å². The zero-order chi connectivity index (χ0) is 23.0. The third-order valence-electron chi connectivity index (χ3n) is 7.24. The van der Waals surface area contributed by atoms with E-state index in [1.54, 1.807) is 36.4 Å². The van der Waals surface area contributed by atoms with Crippen molar-refractivity contribution in [1.29, 1.82) is 0 Å². The Morgan fingerprint density at radius 1 is 1.00 bits per heavy atom. The molecule has 2 aromatic rings. The Bertz CT molecular complexity index is 1150. The number of epoxide rings is 1. The summed E-state index contributed by atoms with van der Waals surface area (Å²) >= 11 is 0. The van der Waals surface area contributed by atoms with E-state index in [4.69, 9.17) is 13.9 Å². The van der Waals surface area contributed by atoms with Gasteiger partial charge in [0.05, 0.1) is 9.79 Å². The molecule has 0 saturated carbocycles. The molecule has 0 bridgehead atoms. The van der Waals surface area contributed by atoms with E-state index >= 15 is 0 Å². The number of ether oxygens (including phenoxy) is 2. The summed E-state index contributed by atoms with van der Waals surface area (Å²) in [6.45, 7) is 16.8. The molecule has 0 radical (unpaired) electrons. The lowest BCUT2D eigenvalue weighted by atomic mass is 9.84. The molecule has 0 amide bonds. The zero-order valence-corrected chi connectivity index (χ0v) is 21.4. The quantitative estimate of drug-likeness (QED) is 0.419. The van der Waals surface area contributed by atoms with Crippen molar-refractivity contribution in [2.75, 3.05) is 0 Å². The number of hydrogen-bond donors (Lipinski definition) is 0. The van der Waals surface area contributed by atoms with Crippen LogP contribution in [0.5, 0.6) is 11.5 Å². The minimum Gasteiger partial charge on any atom is -0.543 e. The zero-order valence-electron chi connectivity index (χ0n) is 19.6. The first kappa shape index (κ1) is 22.4. The van der Waals surface area contributed by atoms with Gasteiger partial charge in [-0.1, -0.05) is 26.8 Å². The molecule has 2 aromatic carbocycles. The van der Waals surface area contributed by atoms with Crippen LogP contribution in [-0.2, 0) is 14.6 Å². The maximum Gasteiger partial charge on any atom is 0.250 e. The molecule has 4 rings (SSSR count). The Labute approximate surface area is 186 Å². The average molecular weight is 461 g/mol. The van der Waals surface area contributed by atoms with Crippen LogP contribution in [0.2, 0.25) is 18.1 Å². The minimum atomic E-state index is -3.72. The molecule has 0 spiro atoms. The van der Waals surface area contributed by atoms with Crippen molar-refractivity contribution in [2.24, 2.45) is 0 Å². The molecular weight excluding hydrogens is 428 g/mol. The van der Waals surface area contributed by atoms with E-state index in [1.165, 1.54) is 0 Å². The van der Waals surface area contributed by atoms with Crippen LogP contribution >= 0.6 is 0 Å². The Hall–Kier alpha value is -1.83. The summed E-state index contributed by atoms with van der Waals surface area (Å²) in [5.41, 5.74) is -0.128. The first-order valence-electron chi connectivity index (χ1n) is 10.6. The van der Waals surface area contributed by atoms with E-state index in [0.29, 0.717) is 11.5 Å². The van der Waals surface area contributed by atoms with Crippen LogP contribution in [0.3, 0.4) is 0 Å². The highest BCUT2D eigenvalue weighted by molar-refractivity contribution is 7.91. The second kappa shape index (κ2) is 6.59. The van der Waals surface area contributed by atoms with Crippen LogP contribution < -0.4 is 9.16 Å². The molecule has 2 atom stereocenters. The van der Waals surface area contributed by atoms with Gasteiger partial charge < -0.3 is 13.9 Å². The summed E-state index contributed by atoms with van der Waals surface area (Å²) in [6, 6.07) is 11.8. The highest BCUT2D eigenvalue weighted by Crippen LogP contribution is 2.62. The first-order valence-corrected chi connectivity index (χ1v) is 15.0. The summed E-state index contributed by atoms with van der Waals surface area (Å²) in [4.78, 5) is 0.456. The highest BCUT2D eigenvalue weighted by Gasteiger charge is 2.67. The summed E-state index contributed by atoms with van der Waals surface area (Å²) in [7, 11) is -5.80. The number of sulfone groups is 1. The molecule has 2 aliphatic rings. The van der Waals surface area contributed by atoms with Crippen molar-refractivity contribution in [3.63, 3.8) is 0 Å². The van der Waals surface area contributed by atoms with Gasteiger partial charge in [0.15, 0.2) is 0 Å². The monoisotopic (exact) mass is 460 g/mol. The van der Waals surface area contributed by atoms with Crippen LogP contribution in [0.4, 0.5) is 0 Å². The molecule has 168 valence electrons. The van der Waals surface area contributed by atoms with Crippen molar-refractivity contribution < 1.29 is 22.3 Å². The van der Waals surface area contributed by atoms with E-state index in [2.05, 4.69) is 33.9 Å². The molecule has 0 aliphatic carbocycles. The smallest absolute Gasteiger partial charge is 0.250 e. The van der Waals surface area contributed by atoms with Gasteiger partial charge in [-0.25, -0.2) is 8.42 Å². The van der Waals surface area contributed by atoms with Gasteiger partial charge in [-0.15, -0.1) is 0 Å². The summed E-state index contributed by atoms with van der Waals surface area (Å²) in [5.74, 6) is 1.27. The van der Waals surface area contributed by atoms with Crippen LogP contribution in [0.25, 0.3) is 0 Å². The van der Waals surface area contributed by atoms with Gasteiger partial charge in [0.25, 0.3) is 0 Å². The second-order valence-electron chi connectivity index (χ2n) is 10.8. The normalized spacial score (nSPS) is 24.6. The number of hydrogen-bond acceptors (Lipinski definition) is 5. The molecule has 7 heteroatoms. The molecule has 1 fully saturated rings.